The molecule has 1 atom stereocenters. The van der Waals surface area contributed by atoms with E-state index in [0.29, 0.717) is 11.7 Å². The fourth-order valence-electron chi connectivity index (χ4n) is 3.43. The lowest BCUT2D eigenvalue weighted by Gasteiger charge is -2.25. The van der Waals surface area contributed by atoms with Gasteiger partial charge in [-0.2, -0.15) is 0 Å². The van der Waals surface area contributed by atoms with Gasteiger partial charge < -0.3 is 4.90 Å². The number of hydrogen-bond acceptors (Lipinski definition) is 5. The van der Waals surface area contributed by atoms with Crippen molar-refractivity contribution in [3.8, 4) is 11.4 Å². The third-order valence-corrected chi connectivity index (χ3v) is 6.44. The maximum absolute atomic E-state index is 13.2. The summed E-state index contributed by atoms with van der Waals surface area (Å²) in [5.41, 5.74) is 2.90. The Labute approximate surface area is 196 Å². The Morgan fingerprint density at radius 1 is 1.03 bits per heavy atom. The van der Waals surface area contributed by atoms with Gasteiger partial charge in [0.2, 0.25) is 5.91 Å². The molecule has 0 spiro atoms. The van der Waals surface area contributed by atoms with Gasteiger partial charge >= 0.3 is 0 Å². The molecule has 0 N–H and O–H groups in total. The third-order valence-electron chi connectivity index (χ3n) is 5.49. The highest BCUT2D eigenvalue weighted by atomic mass is 32.2. The Bertz CT molecular complexity index is 1200. The number of carbonyl (C=O) groups excluding carboxylic acids is 1. The SMILES string of the molecule is CC(c1ccc(F)cc1)N(C)C(=O)CSc1nnc(-c2ccncc2)n1Cc1ccccc1. The molecule has 33 heavy (non-hydrogen) atoms. The lowest BCUT2D eigenvalue weighted by Crippen LogP contribution is -2.31. The van der Waals surface area contributed by atoms with Crippen LogP contribution in [0.4, 0.5) is 4.39 Å². The Morgan fingerprint density at radius 2 is 1.73 bits per heavy atom. The van der Waals surface area contributed by atoms with Gasteiger partial charge in [-0.05, 0) is 42.3 Å². The maximum Gasteiger partial charge on any atom is 0.233 e. The van der Waals surface area contributed by atoms with Crippen molar-refractivity contribution in [3.05, 3.63) is 96.1 Å². The van der Waals surface area contributed by atoms with Crippen LogP contribution in [-0.2, 0) is 11.3 Å². The molecule has 1 unspecified atom stereocenters. The maximum atomic E-state index is 13.2. The van der Waals surface area contributed by atoms with E-state index in [4.69, 9.17) is 0 Å². The van der Waals surface area contributed by atoms with Crippen molar-refractivity contribution in [3.63, 3.8) is 0 Å². The lowest BCUT2D eigenvalue weighted by atomic mass is 10.1. The molecule has 4 rings (SSSR count). The van der Waals surface area contributed by atoms with Gasteiger partial charge in [0.1, 0.15) is 5.82 Å². The number of aromatic nitrogens is 4. The molecule has 6 nitrogen and oxygen atoms in total. The minimum Gasteiger partial charge on any atom is -0.338 e. The molecule has 0 aliphatic rings. The number of rotatable bonds is 8. The summed E-state index contributed by atoms with van der Waals surface area (Å²) in [6.45, 7) is 2.51. The van der Waals surface area contributed by atoms with Crippen molar-refractivity contribution in [1.29, 1.82) is 0 Å². The summed E-state index contributed by atoms with van der Waals surface area (Å²) < 4.78 is 15.3. The molecule has 1 amide bonds. The smallest absolute Gasteiger partial charge is 0.233 e. The molecule has 4 aromatic rings. The van der Waals surface area contributed by atoms with E-state index in [1.54, 1.807) is 36.5 Å². The highest BCUT2D eigenvalue weighted by molar-refractivity contribution is 7.99. The molecule has 2 heterocycles. The second kappa shape index (κ2) is 10.4. The lowest BCUT2D eigenvalue weighted by molar-refractivity contribution is -0.128. The first-order valence-corrected chi connectivity index (χ1v) is 11.5. The van der Waals surface area contributed by atoms with Crippen molar-refractivity contribution in [2.24, 2.45) is 0 Å². The Kier molecular flexibility index (Phi) is 7.14. The summed E-state index contributed by atoms with van der Waals surface area (Å²) in [6.07, 6.45) is 3.44. The molecular weight excluding hydrogens is 437 g/mol. The van der Waals surface area contributed by atoms with Crippen molar-refractivity contribution in [1.82, 2.24) is 24.6 Å². The number of benzene rings is 2. The van der Waals surface area contributed by atoms with Crippen LogP contribution < -0.4 is 0 Å². The zero-order valence-corrected chi connectivity index (χ0v) is 19.2. The Balaban J connectivity index is 1.52. The van der Waals surface area contributed by atoms with Gasteiger partial charge in [0, 0.05) is 25.0 Å². The van der Waals surface area contributed by atoms with Crippen molar-refractivity contribution < 1.29 is 9.18 Å². The molecule has 0 aliphatic carbocycles. The van der Waals surface area contributed by atoms with E-state index < -0.39 is 0 Å². The molecule has 8 heteroatoms. The standard InChI is InChI=1S/C25H24FN5OS/c1-18(20-8-10-22(26)11-9-20)30(2)23(32)17-33-25-29-28-24(21-12-14-27-15-13-21)31(25)16-19-6-4-3-5-7-19/h3-15,18H,16-17H2,1-2H3. The highest BCUT2D eigenvalue weighted by Gasteiger charge is 2.20. The monoisotopic (exact) mass is 461 g/mol. The number of carbonyl (C=O) groups is 1. The minimum absolute atomic E-state index is 0.0449. The zero-order valence-electron chi connectivity index (χ0n) is 18.4. The summed E-state index contributed by atoms with van der Waals surface area (Å²) in [7, 11) is 1.76. The average molecular weight is 462 g/mol. The van der Waals surface area contributed by atoms with Crippen LogP contribution in [0.2, 0.25) is 0 Å². The van der Waals surface area contributed by atoms with E-state index in [0.717, 1.165) is 22.5 Å². The van der Waals surface area contributed by atoms with Gasteiger partial charge in [-0.1, -0.05) is 54.2 Å². The van der Waals surface area contributed by atoms with Gasteiger partial charge in [0.15, 0.2) is 11.0 Å². The molecular formula is C25H24FN5OS. The first kappa shape index (κ1) is 22.7. The summed E-state index contributed by atoms with van der Waals surface area (Å²) in [5, 5.41) is 9.44. The average Bonchev–Trinajstić information content (AvgIpc) is 3.25. The number of hydrogen-bond donors (Lipinski definition) is 0. The molecule has 0 radical (unpaired) electrons. The van der Waals surface area contributed by atoms with E-state index >= 15 is 0 Å². The topological polar surface area (TPSA) is 63.9 Å². The molecule has 2 aromatic carbocycles. The molecule has 168 valence electrons. The van der Waals surface area contributed by atoms with E-state index in [-0.39, 0.29) is 23.5 Å². The fraction of sp³-hybridized carbons (Fsp3) is 0.200. The Morgan fingerprint density at radius 3 is 2.42 bits per heavy atom. The summed E-state index contributed by atoms with van der Waals surface area (Å²) >= 11 is 1.36. The predicted molar refractivity (Wildman–Crippen MR) is 127 cm³/mol. The van der Waals surface area contributed by atoms with Crippen molar-refractivity contribution >= 4 is 17.7 Å². The Hall–Kier alpha value is -3.52. The number of pyridine rings is 1. The fourth-order valence-corrected chi connectivity index (χ4v) is 4.29. The van der Waals surface area contributed by atoms with E-state index in [1.807, 2.05) is 54.0 Å². The largest absolute Gasteiger partial charge is 0.338 e. The van der Waals surface area contributed by atoms with Crippen LogP contribution in [-0.4, -0.2) is 43.4 Å². The first-order chi connectivity index (χ1) is 16.0. The number of amides is 1. The van der Waals surface area contributed by atoms with Crippen molar-refractivity contribution in [2.45, 2.75) is 24.7 Å². The van der Waals surface area contributed by atoms with Gasteiger partial charge in [0.05, 0.1) is 18.3 Å². The first-order valence-electron chi connectivity index (χ1n) is 10.5. The normalized spacial score (nSPS) is 11.8. The molecule has 0 saturated carbocycles. The van der Waals surface area contributed by atoms with Crippen molar-refractivity contribution in [2.75, 3.05) is 12.8 Å². The van der Waals surface area contributed by atoms with Gasteiger partial charge in [0.25, 0.3) is 0 Å². The van der Waals surface area contributed by atoms with Crippen LogP contribution >= 0.6 is 11.8 Å². The van der Waals surface area contributed by atoms with Crippen LogP contribution in [0.15, 0.2) is 84.3 Å². The second-order valence-corrected chi connectivity index (χ2v) is 8.58. The van der Waals surface area contributed by atoms with E-state index in [9.17, 15) is 9.18 Å². The van der Waals surface area contributed by atoms with Gasteiger partial charge in [-0.15, -0.1) is 10.2 Å². The molecule has 0 saturated heterocycles. The van der Waals surface area contributed by atoms with Crippen LogP contribution in [0.1, 0.15) is 24.1 Å². The van der Waals surface area contributed by atoms with Gasteiger partial charge in [-0.3, -0.25) is 14.3 Å². The highest BCUT2D eigenvalue weighted by Crippen LogP contribution is 2.26. The van der Waals surface area contributed by atoms with Crippen LogP contribution in [0.3, 0.4) is 0 Å². The number of thioether (sulfide) groups is 1. The second-order valence-electron chi connectivity index (χ2n) is 7.63. The number of nitrogens with zero attached hydrogens (tertiary/aromatic N) is 5. The third kappa shape index (κ3) is 5.46. The van der Waals surface area contributed by atoms with Crippen LogP contribution in [0, 0.1) is 5.82 Å². The van der Waals surface area contributed by atoms with Crippen LogP contribution in [0.5, 0.6) is 0 Å². The summed E-state index contributed by atoms with van der Waals surface area (Å²) in [6, 6.07) is 19.9. The van der Waals surface area contributed by atoms with Gasteiger partial charge in [-0.25, -0.2) is 4.39 Å². The molecule has 0 fully saturated rings. The number of halogens is 1. The molecule has 0 bridgehead atoms. The molecule has 0 aliphatic heterocycles. The summed E-state index contributed by atoms with van der Waals surface area (Å²) in [4.78, 5) is 18.7. The van der Waals surface area contributed by atoms with E-state index in [2.05, 4.69) is 15.2 Å². The predicted octanol–water partition coefficient (Wildman–Crippen LogP) is 4.84. The zero-order chi connectivity index (χ0) is 23.2. The minimum atomic E-state index is -0.293. The van der Waals surface area contributed by atoms with E-state index in [1.165, 1.54) is 23.9 Å². The van der Waals surface area contributed by atoms with Crippen LogP contribution in [0.25, 0.3) is 11.4 Å². The molecule has 2 aromatic heterocycles. The quantitative estimate of drug-likeness (QED) is 0.352. The summed E-state index contributed by atoms with van der Waals surface area (Å²) in [5.74, 6) is 0.602.